The first-order valence-electron chi connectivity index (χ1n) is 10.9. The largest absolute Gasteiger partial charge is 0.437 e. The van der Waals surface area contributed by atoms with Crippen LogP contribution in [-0.4, -0.2) is 9.97 Å². The molecule has 0 bridgehead atoms. The zero-order chi connectivity index (χ0) is 24.4. The lowest BCUT2D eigenvalue weighted by Gasteiger charge is -2.12. The van der Waals surface area contributed by atoms with Crippen molar-refractivity contribution < 1.29 is 4.74 Å². The molecule has 0 aliphatic carbocycles. The van der Waals surface area contributed by atoms with Crippen molar-refractivity contribution in [1.29, 1.82) is 10.5 Å². The van der Waals surface area contributed by atoms with Crippen molar-refractivity contribution in [3.8, 4) is 34.9 Å². The Morgan fingerprint density at radius 3 is 2.26 bits per heavy atom. The van der Waals surface area contributed by atoms with Crippen molar-refractivity contribution in [1.82, 2.24) is 9.97 Å². The second-order valence-corrected chi connectivity index (χ2v) is 8.94. The summed E-state index contributed by atoms with van der Waals surface area (Å²) in [6, 6.07) is 25.2. The van der Waals surface area contributed by atoms with Crippen LogP contribution in [0, 0.1) is 36.5 Å². The fraction of sp³-hybridized carbons (Fsp3) is 0.0714. The number of hydrogen-bond acceptors (Lipinski definition) is 7. The van der Waals surface area contributed by atoms with Crippen molar-refractivity contribution in [3.05, 3.63) is 94.4 Å². The molecule has 5 aromatic rings. The fourth-order valence-corrected chi connectivity index (χ4v) is 4.49. The minimum absolute atomic E-state index is 0.415. The Bertz CT molecular complexity index is 1640. The predicted molar refractivity (Wildman–Crippen MR) is 138 cm³/mol. The number of aryl methyl sites for hydroxylation is 2. The molecular weight excluding hydrogens is 454 g/mol. The van der Waals surface area contributed by atoms with Crippen molar-refractivity contribution in [2.45, 2.75) is 13.8 Å². The second kappa shape index (κ2) is 9.26. The fourth-order valence-electron chi connectivity index (χ4n) is 3.74. The number of benzene rings is 3. The highest BCUT2D eigenvalue weighted by Crippen LogP contribution is 2.35. The molecule has 3 aromatic carbocycles. The van der Waals surface area contributed by atoms with E-state index in [1.165, 1.54) is 11.3 Å². The Morgan fingerprint density at radius 2 is 1.57 bits per heavy atom. The Kier molecular flexibility index (Phi) is 5.85. The summed E-state index contributed by atoms with van der Waals surface area (Å²) in [7, 11) is 0. The molecule has 7 heteroatoms. The maximum atomic E-state index is 9.19. The Hall–Kier alpha value is -4.72. The number of nitriles is 2. The van der Waals surface area contributed by atoms with E-state index in [0.717, 1.165) is 38.2 Å². The maximum absolute atomic E-state index is 9.19. The third-order valence-electron chi connectivity index (χ3n) is 5.60. The van der Waals surface area contributed by atoms with E-state index in [9.17, 15) is 5.26 Å². The minimum atomic E-state index is 0.415. The van der Waals surface area contributed by atoms with E-state index in [2.05, 4.69) is 33.5 Å². The van der Waals surface area contributed by atoms with Crippen LogP contribution in [0.15, 0.2) is 72.1 Å². The minimum Gasteiger partial charge on any atom is -0.437 e. The van der Waals surface area contributed by atoms with E-state index in [4.69, 9.17) is 10.00 Å². The van der Waals surface area contributed by atoms with Gasteiger partial charge in [-0.25, -0.2) is 4.98 Å². The van der Waals surface area contributed by atoms with Gasteiger partial charge in [-0.3, -0.25) is 0 Å². The molecule has 0 aliphatic rings. The van der Waals surface area contributed by atoms with Crippen molar-refractivity contribution in [2.75, 3.05) is 5.32 Å². The third kappa shape index (κ3) is 4.54. The van der Waals surface area contributed by atoms with Crippen LogP contribution in [0.4, 0.5) is 11.6 Å². The summed E-state index contributed by atoms with van der Waals surface area (Å²) >= 11 is 1.52. The number of nitrogens with one attached hydrogen (secondary N) is 1. The molecule has 0 atom stereocenters. The summed E-state index contributed by atoms with van der Waals surface area (Å²) in [5, 5.41) is 23.3. The summed E-state index contributed by atoms with van der Waals surface area (Å²) < 4.78 is 7.14. The van der Waals surface area contributed by atoms with Gasteiger partial charge in [0.1, 0.15) is 10.4 Å². The highest BCUT2D eigenvalue weighted by Gasteiger charge is 2.14. The van der Waals surface area contributed by atoms with Crippen LogP contribution in [0.5, 0.6) is 11.6 Å². The molecule has 1 N–H and O–H groups in total. The first-order valence-corrected chi connectivity index (χ1v) is 11.7. The van der Waals surface area contributed by atoms with Gasteiger partial charge in [-0.2, -0.15) is 15.5 Å². The van der Waals surface area contributed by atoms with Gasteiger partial charge in [0.15, 0.2) is 0 Å². The predicted octanol–water partition coefficient (Wildman–Crippen LogP) is 7.25. The van der Waals surface area contributed by atoms with Crippen LogP contribution in [-0.2, 0) is 0 Å². The average Bonchev–Trinajstić information content (AvgIpc) is 3.34. The van der Waals surface area contributed by atoms with E-state index >= 15 is 0 Å². The van der Waals surface area contributed by atoms with Gasteiger partial charge in [0, 0.05) is 5.69 Å². The molecule has 0 saturated heterocycles. The molecule has 0 saturated carbocycles. The molecule has 5 rings (SSSR count). The molecular formula is C28H19N5OS. The van der Waals surface area contributed by atoms with Crippen LogP contribution >= 0.6 is 11.3 Å². The molecule has 0 amide bonds. The Balaban J connectivity index is 1.45. The van der Waals surface area contributed by atoms with E-state index in [-0.39, 0.29) is 0 Å². The van der Waals surface area contributed by atoms with Crippen molar-refractivity contribution >= 4 is 33.2 Å². The van der Waals surface area contributed by atoms with Crippen molar-refractivity contribution in [3.63, 3.8) is 0 Å². The van der Waals surface area contributed by atoms with E-state index in [1.807, 2.05) is 67.8 Å². The standard InChI is InChI=1S/C28H19N5OS/c1-17-13-20(5-6-22(17)16-30)21-7-10-25(18(2)14-21)34-27-26-24(11-12-35-26)32-28(33-27)31-23-8-3-19(15-29)4-9-23/h3-14H,1-2H3,(H,31,32,33). The number of aromatic nitrogens is 2. The van der Waals surface area contributed by atoms with Crippen LogP contribution in [0.3, 0.4) is 0 Å². The molecule has 168 valence electrons. The van der Waals surface area contributed by atoms with Gasteiger partial charge in [-0.15, -0.1) is 11.3 Å². The topological polar surface area (TPSA) is 94.6 Å². The normalized spacial score (nSPS) is 10.5. The lowest BCUT2D eigenvalue weighted by Crippen LogP contribution is -1.99. The van der Waals surface area contributed by atoms with Gasteiger partial charge in [0.05, 0.1) is 28.8 Å². The Morgan fingerprint density at radius 1 is 0.829 bits per heavy atom. The van der Waals surface area contributed by atoms with E-state index < -0.39 is 0 Å². The van der Waals surface area contributed by atoms with Gasteiger partial charge < -0.3 is 10.1 Å². The van der Waals surface area contributed by atoms with Crippen LogP contribution < -0.4 is 10.1 Å². The second-order valence-electron chi connectivity index (χ2n) is 8.03. The highest BCUT2D eigenvalue weighted by atomic mass is 32.1. The summed E-state index contributed by atoms with van der Waals surface area (Å²) in [4.78, 5) is 9.22. The number of hydrogen-bond donors (Lipinski definition) is 1. The van der Waals surface area contributed by atoms with E-state index in [0.29, 0.717) is 28.7 Å². The zero-order valence-corrected chi connectivity index (χ0v) is 19.9. The average molecular weight is 474 g/mol. The number of rotatable bonds is 5. The number of nitrogens with zero attached hydrogens (tertiary/aromatic N) is 4. The van der Waals surface area contributed by atoms with E-state index in [1.54, 1.807) is 12.1 Å². The first-order chi connectivity index (χ1) is 17.0. The number of anilines is 2. The SMILES string of the molecule is Cc1cc(-c2ccc(Oc3nc(Nc4ccc(C#N)cc4)nc4ccsc34)c(C)c2)ccc1C#N. The first kappa shape index (κ1) is 22.1. The number of fused-ring (bicyclic) bond motifs is 1. The summed E-state index contributed by atoms with van der Waals surface area (Å²) in [5.41, 5.74) is 6.85. The van der Waals surface area contributed by atoms with Gasteiger partial charge in [0.25, 0.3) is 0 Å². The smallest absolute Gasteiger partial charge is 0.242 e. The molecule has 2 aromatic heterocycles. The van der Waals surface area contributed by atoms with Gasteiger partial charge >= 0.3 is 0 Å². The molecule has 0 spiro atoms. The number of thiophene rings is 1. The van der Waals surface area contributed by atoms with Crippen LogP contribution in [0.25, 0.3) is 21.3 Å². The van der Waals surface area contributed by atoms with Gasteiger partial charge in [0.2, 0.25) is 11.8 Å². The number of ether oxygens (including phenoxy) is 1. The molecule has 0 unspecified atom stereocenters. The monoisotopic (exact) mass is 473 g/mol. The lowest BCUT2D eigenvalue weighted by atomic mass is 9.99. The Labute approximate surface area is 206 Å². The third-order valence-corrected chi connectivity index (χ3v) is 6.50. The molecule has 6 nitrogen and oxygen atoms in total. The molecule has 0 fully saturated rings. The maximum Gasteiger partial charge on any atom is 0.242 e. The summed E-state index contributed by atoms with van der Waals surface area (Å²) in [6.45, 7) is 3.94. The summed E-state index contributed by atoms with van der Waals surface area (Å²) in [5.74, 6) is 1.60. The lowest BCUT2D eigenvalue weighted by molar-refractivity contribution is 0.466. The molecule has 2 heterocycles. The molecule has 0 aliphatic heterocycles. The highest BCUT2D eigenvalue weighted by molar-refractivity contribution is 7.17. The van der Waals surface area contributed by atoms with Crippen LogP contribution in [0.2, 0.25) is 0 Å². The molecule has 35 heavy (non-hydrogen) atoms. The van der Waals surface area contributed by atoms with Gasteiger partial charge in [-0.1, -0.05) is 18.2 Å². The van der Waals surface area contributed by atoms with Crippen LogP contribution in [0.1, 0.15) is 22.3 Å². The van der Waals surface area contributed by atoms with Gasteiger partial charge in [-0.05, 0) is 90.0 Å². The zero-order valence-electron chi connectivity index (χ0n) is 19.0. The van der Waals surface area contributed by atoms with Crippen molar-refractivity contribution in [2.24, 2.45) is 0 Å². The summed E-state index contributed by atoms with van der Waals surface area (Å²) in [6.07, 6.45) is 0. The quantitative estimate of drug-likeness (QED) is 0.289. The molecule has 0 radical (unpaired) electrons.